The van der Waals surface area contributed by atoms with Crippen molar-refractivity contribution in [3.63, 3.8) is 0 Å². The lowest BCUT2D eigenvalue weighted by atomic mass is 9.90. The zero-order valence-electron chi connectivity index (χ0n) is 15.9. The van der Waals surface area contributed by atoms with Crippen LogP contribution in [0.3, 0.4) is 0 Å². The summed E-state index contributed by atoms with van der Waals surface area (Å²) in [4.78, 5) is 34.9. The second-order valence-corrected chi connectivity index (χ2v) is 7.26. The predicted molar refractivity (Wildman–Crippen MR) is 104 cm³/mol. The molecule has 7 heteroatoms. The summed E-state index contributed by atoms with van der Waals surface area (Å²) in [6.45, 7) is 1.48. The molecule has 2 aromatic rings. The first kappa shape index (κ1) is 19.9. The Hall–Kier alpha value is -2.83. The molecule has 6 nitrogen and oxygen atoms in total. The molecule has 3 rings (SSSR count). The Morgan fingerprint density at radius 1 is 1.18 bits per heavy atom. The number of aromatic amines is 1. The molecule has 28 heavy (non-hydrogen) atoms. The predicted octanol–water partition coefficient (Wildman–Crippen LogP) is 3.08. The third kappa shape index (κ3) is 4.91. The fourth-order valence-electron chi connectivity index (χ4n) is 3.56. The van der Waals surface area contributed by atoms with E-state index in [-0.39, 0.29) is 29.4 Å². The summed E-state index contributed by atoms with van der Waals surface area (Å²) in [7, 11) is 0. The van der Waals surface area contributed by atoms with Crippen LogP contribution in [0.4, 0.5) is 10.1 Å². The molecule has 1 aromatic carbocycles. The van der Waals surface area contributed by atoms with Gasteiger partial charge in [0.25, 0.3) is 5.56 Å². The zero-order valence-corrected chi connectivity index (χ0v) is 15.9. The number of benzene rings is 1. The Kier molecular flexibility index (Phi) is 6.34. The van der Waals surface area contributed by atoms with Gasteiger partial charge < -0.3 is 10.1 Å². The largest absolute Gasteiger partial charge is 0.324 e. The highest BCUT2D eigenvalue weighted by molar-refractivity contribution is 5.91. The molecule has 1 aromatic heterocycles. The summed E-state index contributed by atoms with van der Waals surface area (Å²) in [5, 5.41) is 9.35. The van der Waals surface area contributed by atoms with E-state index in [1.165, 1.54) is 13.0 Å². The lowest BCUT2D eigenvalue weighted by Gasteiger charge is -2.17. The van der Waals surface area contributed by atoms with Crippen LogP contribution in [-0.4, -0.2) is 21.9 Å². The Labute approximate surface area is 162 Å². The van der Waals surface area contributed by atoms with E-state index < -0.39 is 5.82 Å². The van der Waals surface area contributed by atoms with Gasteiger partial charge in [-0.25, -0.2) is 9.49 Å². The highest BCUT2D eigenvalue weighted by atomic mass is 19.1. The monoisotopic (exact) mass is 385 g/mol. The molecule has 0 fully saturated rings. The van der Waals surface area contributed by atoms with Crippen molar-refractivity contribution < 1.29 is 14.0 Å². The summed E-state index contributed by atoms with van der Waals surface area (Å²) in [5.74, 6) is -0.810. The number of fused-ring (bicyclic) bond motifs is 1. The van der Waals surface area contributed by atoms with Crippen LogP contribution in [-0.2, 0) is 28.9 Å². The third-order valence-electron chi connectivity index (χ3n) is 4.99. The van der Waals surface area contributed by atoms with Crippen LogP contribution in [0.15, 0.2) is 23.0 Å². The molecule has 1 aliphatic rings. The van der Waals surface area contributed by atoms with E-state index in [4.69, 9.17) is 0 Å². The van der Waals surface area contributed by atoms with Crippen molar-refractivity contribution in [2.24, 2.45) is 0 Å². The van der Waals surface area contributed by atoms with E-state index >= 15 is 0 Å². The van der Waals surface area contributed by atoms with Gasteiger partial charge in [0.1, 0.15) is 11.6 Å². The van der Waals surface area contributed by atoms with Gasteiger partial charge in [0.2, 0.25) is 5.91 Å². The van der Waals surface area contributed by atoms with E-state index in [0.717, 1.165) is 48.1 Å². The molecule has 0 bridgehead atoms. The topological polar surface area (TPSA) is 91.9 Å². The quantitative estimate of drug-likeness (QED) is 0.766. The van der Waals surface area contributed by atoms with Crippen LogP contribution in [0, 0.1) is 5.82 Å². The maximum Gasteiger partial charge on any atom is 0.267 e. The maximum atomic E-state index is 14.1. The van der Waals surface area contributed by atoms with Crippen molar-refractivity contribution in [3.8, 4) is 0 Å². The lowest BCUT2D eigenvalue weighted by molar-refractivity contribution is -0.117. The molecule has 1 amide bonds. The molecule has 0 atom stereocenters. The number of carbonyl (C=O) groups excluding carboxylic acids is 2. The standard InChI is InChI=1S/C21H24FN3O3/c1-13(26)5-4-8-20(27)23-19-12-14(9-10-17(19)22)11-18-15-6-2-3-7-16(15)21(28)25-24-18/h9-10,12H,2-8,11H2,1H3,(H,23,27)(H,25,28). The van der Waals surface area contributed by atoms with Crippen LogP contribution in [0.2, 0.25) is 0 Å². The number of amides is 1. The molecule has 0 unspecified atom stereocenters. The summed E-state index contributed by atoms with van der Waals surface area (Å²) in [5.41, 5.74) is 3.37. The average molecular weight is 385 g/mol. The van der Waals surface area contributed by atoms with E-state index in [9.17, 15) is 18.8 Å². The Bertz CT molecular complexity index is 952. The second kappa shape index (κ2) is 8.91. The van der Waals surface area contributed by atoms with Crippen molar-refractivity contribution in [2.45, 2.75) is 58.3 Å². The van der Waals surface area contributed by atoms with Gasteiger partial charge in [-0.3, -0.25) is 9.59 Å². The van der Waals surface area contributed by atoms with Crippen LogP contribution in [0.25, 0.3) is 0 Å². The molecular weight excluding hydrogens is 361 g/mol. The number of anilines is 1. The summed E-state index contributed by atoms with van der Waals surface area (Å²) < 4.78 is 14.1. The molecule has 0 aliphatic heterocycles. The highest BCUT2D eigenvalue weighted by Gasteiger charge is 2.18. The van der Waals surface area contributed by atoms with Crippen molar-refractivity contribution in [2.75, 3.05) is 5.32 Å². The molecular formula is C21H24FN3O3. The van der Waals surface area contributed by atoms with Crippen LogP contribution < -0.4 is 10.9 Å². The summed E-state index contributed by atoms with van der Waals surface area (Å²) in [6.07, 6.45) is 4.99. The summed E-state index contributed by atoms with van der Waals surface area (Å²) >= 11 is 0. The van der Waals surface area contributed by atoms with Crippen molar-refractivity contribution in [1.29, 1.82) is 0 Å². The molecule has 2 N–H and O–H groups in total. The Balaban J connectivity index is 1.74. The molecule has 0 radical (unpaired) electrons. The molecule has 0 saturated heterocycles. The molecule has 1 heterocycles. The van der Waals surface area contributed by atoms with Crippen LogP contribution in [0.5, 0.6) is 0 Å². The minimum Gasteiger partial charge on any atom is -0.324 e. The fourth-order valence-corrected chi connectivity index (χ4v) is 3.56. The van der Waals surface area contributed by atoms with Gasteiger partial charge in [0.15, 0.2) is 0 Å². The first-order valence-corrected chi connectivity index (χ1v) is 9.61. The second-order valence-electron chi connectivity index (χ2n) is 7.26. The highest BCUT2D eigenvalue weighted by Crippen LogP contribution is 2.24. The Morgan fingerprint density at radius 3 is 2.68 bits per heavy atom. The first-order valence-electron chi connectivity index (χ1n) is 9.61. The molecule has 1 aliphatic carbocycles. The van der Waals surface area contributed by atoms with Crippen LogP contribution >= 0.6 is 0 Å². The fraction of sp³-hybridized carbons (Fsp3) is 0.429. The number of hydrogen-bond acceptors (Lipinski definition) is 4. The number of rotatable bonds is 7. The van der Waals surface area contributed by atoms with Gasteiger partial charge in [-0.15, -0.1) is 0 Å². The number of carbonyl (C=O) groups is 2. The minimum absolute atomic E-state index is 0.0257. The number of Topliss-reactive ketones (excluding diaryl/α,β-unsaturated/α-hetero) is 1. The van der Waals surface area contributed by atoms with Crippen molar-refractivity contribution in [1.82, 2.24) is 10.2 Å². The molecule has 148 valence electrons. The Morgan fingerprint density at radius 2 is 1.93 bits per heavy atom. The normalized spacial score (nSPS) is 13.1. The van der Waals surface area contributed by atoms with Crippen molar-refractivity contribution >= 4 is 17.4 Å². The average Bonchev–Trinajstić information content (AvgIpc) is 2.66. The lowest BCUT2D eigenvalue weighted by Crippen LogP contribution is -2.23. The third-order valence-corrected chi connectivity index (χ3v) is 4.99. The zero-order chi connectivity index (χ0) is 20.1. The minimum atomic E-state index is -0.514. The number of hydrogen-bond donors (Lipinski definition) is 2. The van der Waals surface area contributed by atoms with Gasteiger partial charge >= 0.3 is 0 Å². The molecule has 0 saturated carbocycles. The van der Waals surface area contributed by atoms with E-state index in [1.807, 2.05) is 0 Å². The number of halogens is 1. The smallest absolute Gasteiger partial charge is 0.267 e. The number of ketones is 1. The number of aromatic nitrogens is 2. The van der Waals surface area contributed by atoms with Gasteiger partial charge in [-0.05, 0) is 62.3 Å². The van der Waals surface area contributed by atoms with Crippen LogP contribution in [0.1, 0.15) is 61.4 Å². The molecule has 0 spiro atoms. The van der Waals surface area contributed by atoms with Crippen molar-refractivity contribution in [3.05, 3.63) is 56.8 Å². The number of nitrogens with one attached hydrogen (secondary N) is 2. The van der Waals surface area contributed by atoms with E-state index in [1.54, 1.807) is 12.1 Å². The van der Waals surface area contributed by atoms with Gasteiger partial charge in [0.05, 0.1) is 11.4 Å². The maximum absolute atomic E-state index is 14.1. The summed E-state index contributed by atoms with van der Waals surface area (Å²) in [6, 6.07) is 4.57. The SMILES string of the molecule is CC(=O)CCCC(=O)Nc1cc(Cc2n[nH]c(=O)c3c2CCCC3)ccc1F. The first-order chi connectivity index (χ1) is 13.4. The van der Waals surface area contributed by atoms with E-state index in [2.05, 4.69) is 15.5 Å². The van der Waals surface area contributed by atoms with E-state index in [0.29, 0.717) is 19.3 Å². The van der Waals surface area contributed by atoms with Gasteiger partial charge in [0, 0.05) is 24.8 Å². The van der Waals surface area contributed by atoms with Gasteiger partial charge in [-0.1, -0.05) is 6.07 Å². The number of nitrogens with zero attached hydrogens (tertiary/aromatic N) is 1. The number of H-pyrrole nitrogens is 1. The van der Waals surface area contributed by atoms with Gasteiger partial charge in [-0.2, -0.15) is 5.10 Å².